The first kappa shape index (κ1) is 22.6. The van der Waals surface area contributed by atoms with E-state index in [1.807, 2.05) is 46.5 Å². The van der Waals surface area contributed by atoms with E-state index in [0.29, 0.717) is 22.3 Å². The van der Waals surface area contributed by atoms with Crippen LogP contribution < -0.4 is 10.2 Å². The number of carbonyl (C=O) groups is 2. The van der Waals surface area contributed by atoms with Crippen molar-refractivity contribution in [3.63, 3.8) is 0 Å². The van der Waals surface area contributed by atoms with E-state index in [-0.39, 0.29) is 24.0 Å². The molecule has 182 valence electrons. The molecule has 3 aliphatic rings. The van der Waals surface area contributed by atoms with Gasteiger partial charge in [-0.15, -0.1) is 11.3 Å². The number of thiophene rings is 1. The molecule has 0 radical (unpaired) electrons. The third kappa shape index (κ3) is 4.32. The molecule has 10 heteroatoms. The van der Waals surface area contributed by atoms with E-state index in [9.17, 15) is 9.59 Å². The van der Waals surface area contributed by atoms with Crippen LogP contribution >= 0.6 is 22.9 Å². The summed E-state index contributed by atoms with van der Waals surface area (Å²) in [7, 11) is 0. The lowest BCUT2D eigenvalue weighted by Gasteiger charge is -2.20. The number of carbonyl (C=O) groups excluding carboxylic acids is 2. The molecule has 3 amide bonds. The summed E-state index contributed by atoms with van der Waals surface area (Å²) in [6.07, 6.45) is 7.10. The molecule has 1 aromatic carbocycles. The van der Waals surface area contributed by atoms with Gasteiger partial charge >= 0.3 is 6.03 Å². The number of benzene rings is 1. The predicted molar refractivity (Wildman–Crippen MR) is 137 cm³/mol. The smallest absolute Gasteiger partial charge is 0.324 e. The third-order valence-corrected chi connectivity index (χ3v) is 8.46. The van der Waals surface area contributed by atoms with Gasteiger partial charge in [-0.05, 0) is 68.8 Å². The second-order valence-corrected chi connectivity index (χ2v) is 11.1. The minimum Gasteiger partial charge on any atom is -0.346 e. The standard InChI is InChI=1S/C25H27ClN6O2S/c26-22-8-7-21(35-22)24(33)28-19-9-13-31-20(19)15-32(25(31)34)18-5-3-17(4-6-18)30-14-10-27-23(30)16-29-11-1-2-12-29/h3-8,10,14,19-20H,1-2,9,11-13,15-16H2,(H,28,33)/t19-,20-/m1/s1. The number of nitrogens with zero attached hydrogens (tertiary/aromatic N) is 5. The van der Waals surface area contributed by atoms with Crippen molar-refractivity contribution in [2.24, 2.45) is 0 Å². The monoisotopic (exact) mass is 510 g/mol. The molecule has 0 aliphatic carbocycles. The fourth-order valence-electron chi connectivity index (χ4n) is 5.42. The van der Waals surface area contributed by atoms with E-state index >= 15 is 0 Å². The number of imidazole rings is 1. The average molecular weight is 511 g/mol. The number of likely N-dealkylation sites (tertiary alicyclic amines) is 1. The van der Waals surface area contributed by atoms with E-state index in [1.165, 1.54) is 24.2 Å². The van der Waals surface area contributed by atoms with Crippen LogP contribution in [-0.4, -0.2) is 69.6 Å². The Kier molecular flexibility index (Phi) is 5.99. The van der Waals surface area contributed by atoms with Crippen molar-refractivity contribution in [1.29, 1.82) is 0 Å². The lowest BCUT2D eigenvalue weighted by atomic mass is 10.1. The Balaban J connectivity index is 1.14. The maximum Gasteiger partial charge on any atom is 0.324 e. The predicted octanol–water partition coefficient (Wildman–Crippen LogP) is 4.00. The molecule has 0 saturated carbocycles. The maximum atomic E-state index is 13.2. The summed E-state index contributed by atoms with van der Waals surface area (Å²) in [5.41, 5.74) is 1.90. The first-order chi connectivity index (χ1) is 17.1. The average Bonchev–Trinajstić information content (AvgIpc) is 3.67. The van der Waals surface area contributed by atoms with E-state index < -0.39 is 0 Å². The van der Waals surface area contributed by atoms with Crippen LogP contribution in [-0.2, 0) is 6.54 Å². The molecule has 3 fully saturated rings. The number of fused-ring (bicyclic) bond motifs is 1. The number of aromatic nitrogens is 2. The van der Waals surface area contributed by atoms with Gasteiger partial charge in [0.2, 0.25) is 0 Å². The SMILES string of the molecule is O=C(N[C@@H]1CCN2C(=O)N(c3ccc(-n4ccnc4CN4CCCC4)cc3)C[C@H]12)c1ccc(Cl)s1. The van der Waals surface area contributed by atoms with Gasteiger partial charge in [-0.1, -0.05) is 11.6 Å². The van der Waals surface area contributed by atoms with Crippen LogP contribution in [0, 0.1) is 0 Å². The summed E-state index contributed by atoms with van der Waals surface area (Å²) < 4.78 is 2.71. The Morgan fingerprint density at radius 2 is 1.86 bits per heavy atom. The number of nitrogens with one attached hydrogen (secondary N) is 1. The van der Waals surface area contributed by atoms with Crippen molar-refractivity contribution in [3.05, 3.63) is 63.8 Å². The quantitative estimate of drug-likeness (QED) is 0.544. The largest absolute Gasteiger partial charge is 0.346 e. The molecular formula is C25H27ClN6O2S. The molecule has 0 unspecified atom stereocenters. The van der Waals surface area contributed by atoms with Gasteiger partial charge in [-0.2, -0.15) is 0 Å². The molecule has 0 spiro atoms. The first-order valence-electron chi connectivity index (χ1n) is 12.1. The summed E-state index contributed by atoms with van der Waals surface area (Å²) >= 11 is 7.24. The van der Waals surface area contributed by atoms with Crippen molar-refractivity contribution in [2.75, 3.05) is 31.1 Å². The van der Waals surface area contributed by atoms with Crippen LogP contribution in [0.4, 0.5) is 10.5 Å². The van der Waals surface area contributed by atoms with Gasteiger partial charge in [0.05, 0.1) is 34.4 Å². The zero-order valence-electron chi connectivity index (χ0n) is 19.3. The van der Waals surface area contributed by atoms with Gasteiger partial charge < -0.3 is 14.8 Å². The van der Waals surface area contributed by atoms with E-state index in [4.69, 9.17) is 11.6 Å². The summed E-state index contributed by atoms with van der Waals surface area (Å²) in [6.45, 7) is 4.30. The molecule has 3 aliphatic heterocycles. The minimum absolute atomic E-state index is 0.00368. The summed E-state index contributed by atoms with van der Waals surface area (Å²) in [5, 5.41) is 3.11. The molecular weight excluding hydrogens is 484 g/mol. The number of urea groups is 1. The minimum atomic E-state index is -0.130. The Bertz CT molecular complexity index is 1230. The summed E-state index contributed by atoms with van der Waals surface area (Å²) in [4.78, 5) is 37.1. The van der Waals surface area contributed by atoms with Gasteiger partial charge in [0.1, 0.15) is 5.82 Å². The van der Waals surface area contributed by atoms with Crippen LogP contribution in [0.2, 0.25) is 4.34 Å². The van der Waals surface area contributed by atoms with Crippen molar-refractivity contribution in [1.82, 2.24) is 24.7 Å². The molecule has 3 aromatic rings. The summed E-state index contributed by atoms with van der Waals surface area (Å²) in [5.74, 6) is 0.900. The number of hydrogen-bond donors (Lipinski definition) is 1. The van der Waals surface area contributed by atoms with Gasteiger partial charge in [0, 0.05) is 30.3 Å². The van der Waals surface area contributed by atoms with Crippen molar-refractivity contribution >= 4 is 40.6 Å². The lowest BCUT2D eigenvalue weighted by Crippen LogP contribution is -2.44. The molecule has 3 saturated heterocycles. The molecule has 35 heavy (non-hydrogen) atoms. The number of rotatable bonds is 6. The van der Waals surface area contributed by atoms with Gasteiger partial charge in [-0.25, -0.2) is 9.78 Å². The van der Waals surface area contributed by atoms with Gasteiger partial charge in [-0.3, -0.25) is 14.6 Å². The van der Waals surface area contributed by atoms with E-state index in [2.05, 4.69) is 19.8 Å². The summed E-state index contributed by atoms with van der Waals surface area (Å²) in [6, 6.07) is 11.4. The highest BCUT2D eigenvalue weighted by molar-refractivity contribution is 7.18. The van der Waals surface area contributed by atoms with Crippen molar-refractivity contribution < 1.29 is 9.59 Å². The van der Waals surface area contributed by atoms with E-state index in [1.54, 1.807) is 12.1 Å². The highest BCUT2D eigenvalue weighted by atomic mass is 35.5. The van der Waals surface area contributed by atoms with E-state index in [0.717, 1.165) is 43.3 Å². The normalized spacial score (nSPS) is 22.3. The van der Waals surface area contributed by atoms with Crippen LogP contribution in [0.25, 0.3) is 5.69 Å². The Labute approximate surface area is 213 Å². The van der Waals surface area contributed by atoms with Crippen LogP contribution in [0.15, 0.2) is 48.8 Å². The topological polar surface area (TPSA) is 73.7 Å². The Morgan fingerprint density at radius 1 is 1.09 bits per heavy atom. The number of hydrogen-bond acceptors (Lipinski definition) is 5. The van der Waals surface area contributed by atoms with Gasteiger partial charge in [0.15, 0.2) is 0 Å². The molecule has 5 heterocycles. The molecule has 8 nitrogen and oxygen atoms in total. The van der Waals surface area contributed by atoms with Crippen LogP contribution in [0.1, 0.15) is 34.8 Å². The lowest BCUT2D eigenvalue weighted by molar-refractivity contribution is 0.0935. The van der Waals surface area contributed by atoms with Crippen LogP contribution in [0.5, 0.6) is 0 Å². The molecule has 2 atom stereocenters. The zero-order valence-corrected chi connectivity index (χ0v) is 20.8. The highest BCUT2D eigenvalue weighted by Crippen LogP contribution is 2.32. The highest BCUT2D eigenvalue weighted by Gasteiger charge is 2.46. The zero-order chi connectivity index (χ0) is 23.9. The van der Waals surface area contributed by atoms with Crippen LogP contribution in [0.3, 0.4) is 0 Å². The third-order valence-electron chi connectivity index (χ3n) is 7.23. The fourth-order valence-corrected chi connectivity index (χ4v) is 6.36. The second kappa shape index (κ2) is 9.29. The number of amides is 3. The molecule has 2 aromatic heterocycles. The van der Waals surface area contributed by atoms with Gasteiger partial charge in [0.25, 0.3) is 5.91 Å². The fraction of sp³-hybridized carbons (Fsp3) is 0.400. The van der Waals surface area contributed by atoms with Crippen molar-refractivity contribution in [2.45, 2.75) is 37.9 Å². The first-order valence-corrected chi connectivity index (χ1v) is 13.3. The number of anilines is 1. The maximum absolute atomic E-state index is 13.2. The Hall–Kier alpha value is -2.88. The molecule has 0 bridgehead atoms. The molecule has 6 rings (SSSR count). The van der Waals surface area contributed by atoms with Crippen molar-refractivity contribution in [3.8, 4) is 5.69 Å². The molecule has 1 N–H and O–H groups in total. The Morgan fingerprint density at radius 3 is 2.60 bits per heavy atom. The second-order valence-electron chi connectivity index (χ2n) is 9.34. The number of halogens is 1.